The summed E-state index contributed by atoms with van der Waals surface area (Å²) in [5.74, 6) is 1.37. The number of nitrogens with one attached hydrogen (secondary N) is 1. The second kappa shape index (κ2) is 7.59. The molecule has 1 amide bonds. The number of hydrogen-bond donors (Lipinski definition) is 1. The quantitative estimate of drug-likeness (QED) is 0.874. The van der Waals surface area contributed by atoms with Crippen LogP contribution in [0.5, 0.6) is 0 Å². The van der Waals surface area contributed by atoms with Gasteiger partial charge in [0.25, 0.3) is 5.91 Å². The SMILES string of the molecule is CC(C)Cc1cc(C(=O)NCC[C@@H]2CCCN(C)C2)on1. The van der Waals surface area contributed by atoms with Gasteiger partial charge in [-0.2, -0.15) is 0 Å². The van der Waals surface area contributed by atoms with Gasteiger partial charge in [-0.3, -0.25) is 4.79 Å². The van der Waals surface area contributed by atoms with Crippen LogP contribution in [0.3, 0.4) is 0 Å². The molecule has 118 valence electrons. The average Bonchev–Trinajstić information content (AvgIpc) is 2.86. The van der Waals surface area contributed by atoms with Crippen LogP contribution < -0.4 is 5.32 Å². The van der Waals surface area contributed by atoms with Crippen LogP contribution in [0, 0.1) is 11.8 Å². The molecule has 0 aliphatic carbocycles. The topological polar surface area (TPSA) is 58.4 Å². The van der Waals surface area contributed by atoms with E-state index < -0.39 is 0 Å². The number of carbonyl (C=O) groups is 1. The van der Waals surface area contributed by atoms with Gasteiger partial charge >= 0.3 is 0 Å². The molecule has 5 heteroatoms. The molecule has 1 aromatic heterocycles. The second-order valence-electron chi connectivity index (χ2n) is 6.60. The zero-order valence-corrected chi connectivity index (χ0v) is 13.4. The van der Waals surface area contributed by atoms with Crippen LogP contribution >= 0.6 is 0 Å². The number of rotatable bonds is 6. The fourth-order valence-corrected chi connectivity index (χ4v) is 2.92. The van der Waals surface area contributed by atoms with E-state index in [1.807, 2.05) is 0 Å². The number of amides is 1. The summed E-state index contributed by atoms with van der Waals surface area (Å²) >= 11 is 0. The van der Waals surface area contributed by atoms with Crippen LogP contribution in [0.1, 0.15) is 49.4 Å². The van der Waals surface area contributed by atoms with Gasteiger partial charge in [-0.05, 0) is 51.1 Å². The summed E-state index contributed by atoms with van der Waals surface area (Å²) in [6.45, 7) is 7.28. The molecule has 2 rings (SSSR count). The number of likely N-dealkylation sites (tertiary alicyclic amines) is 1. The largest absolute Gasteiger partial charge is 0.351 e. The predicted molar refractivity (Wildman–Crippen MR) is 82.2 cm³/mol. The third-order valence-electron chi connectivity index (χ3n) is 3.96. The van der Waals surface area contributed by atoms with Crippen molar-refractivity contribution in [3.8, 4) is 0 Å². The van der Waals surface area contributed by atoms with Gasteiger partial charge in [0.2, 0.25) is 5.76 Å². The van der Waals surface area contributed by atoms with E-state index in [0.717, 1.165) is 25.1 Å². The highest BCUT2D eigenvalue weighted by molar-refractivity contribution is 5.91. The van der Waals surface area contributed by atoms with Crippen LogP contribution in [0.4, 0.5) is 0 Å². The summed E-state index contributed by atoms with van der Waals surface area (Å²) in [5, 5.41) is 6.88. The van der Waals surface area contributed by atoms with Gasteiger partial charge in [-0.25, -0.2) is 0 Å². The first-order valence-electron chi connectivity index (χ1n) is 7.97. The van der Waals surface area contributed by atoms with Gasteiger partial charge in [0.1, 0.15) is 0 Å². The Balaban J connectivity index is 1.72. The molecule has 21 heavy (non-hydrogen) atoms. The molecule has 1 aliphatic rings. The van der Waals surface area contributed by atoms with Crippen LogP contribution in [0.2, 0.25) is 0 Å². The zero-order chi connectivity index (χ0) is 15.2. The molecule has 1 saturated heterocycles. The van der Waals surface area contributed by atoms with Gasteiger partial charge < -0.3 is 14.7 Å². The smallest absolute Gasteiger partial charge is 0.289 e. The van der Waals surface area contributed by atoms with Gasteiger partial charge in [0.05, 0.1) is 5.69 Å². The van der Waals surface area contributed by atoms with Gasteiger partial charge in [-0.1, -0.05) is 19.0 Å². The van der Waals surface area contributed by atoms with E-state index in [0.29, 0.717) is 24.1 Å². The molecule has 0 saturated carbocycles. The van der Waals surface area contributed by atoms with Gasteiger partial charge in [0, 0.05) is 19.2 Å². The number of hydrogen-bond acceptors (Lipinski definition) is 4. The Morgan fingerprint density at radius 2 is 2.38 bits per heavy atom. The van der Waals surface area contributed by atoms with Crippen LogP contribution in [0.25, 0.3) is 0 Å². The van der Waals surface area contributed by atoms with Crippen LogP contribution in [-0.4, -0.2) is 42.6 Å². The predicted octanol–water partition coefficient (Wildman–Crippen LogP) is 2.33. The standard InChI is InChI=1S/C16H27N3O2/c1-12(2)9-14-10-15(21-18-14)16(20)17-7-6-13-5-4-8-19(3)11-13/h10,12-13H,4-9,11H2,1-3H3,(H,17,20)/t13-/m0/s1. The minimum absolute atomic E-state index is 0.151. The molecule has 2 heterocycles. The highest BCUT2D eigenvalue weighted by Crippen LogP contribution is 2.17. The third kappa shape index (κ3) is 5.16. The maximum absolute atomic E-state index is 12.0. The first kappa shape index (κ1) is 16.0. The minimum atomic E-state index is -0.151. The van der Waals surface area contributed by atoms with Crippen molar-refractivity contribution in [1.82, 2.24) is 15.4 Å². The van der Waals surface area contributed by atoms with Crippen molar-refractivity contribution in [2.75, 3.05) is 26.7 Å². The summed E-state index contributed by atoms with van der Waals surface area (Å²) in [4.78, 5) is 14.4. The van der Waals surface area contributed by atoms with Crippen LogP contribution in [-0.2, 0) is 6.42 Å². The third-order valence-corrected chi connectivity index (χ3v) is 3.96. The molecule has 0 unspecified atom stereocenters. The van der Waals surface area contributed by atoms with E-state index in [-0.39, 0.29) is 5.91 Å². The molecular weight excluding hydrogens is 266 g/mol. The Kier molecular flexibility index (Phi) is 5.79. The summed E-state index contributed by atoms with van der Waals surface area (Å²) in [5.41, 5.74) is 0.851. The van der Waals surface area contributed by atoms with Gasteiger partial charge in [0.15, 0.2) is 0 Å². The number of piperidine rings is 1. The van der Waals surface area contributed by atoms with E-state index in [1.54, 1.807) is 6.07 Å². The molecular formula is C16H27N3O2. The molecule has 1 N–H and O–H groups in total. The Labute approximate surface area is 127 Å². The van der Waals surface area contributed by atoms with E-state index >= 15 is 0 Å². The van der Waals surface area contributed by atoms with Crippen molar-refractivity contribution >= 4 is 5.91 Å². The van der Waals surface area contributed by atoms with Crippen molar-refractivity contribution in [3.63, 3.8) is 0 Å². The van der Waals surface area contributed by atoms with Gasteiger partial charge in [-0.15, -0.1) is 0 Å². The Morgan fingerprint density at radius 3 is 3.10 bits per heavy atom. The monoisotopic (exact) mass is 293 g/mol. The highest BCUT2D eigenvalue weighted by atomic mass is 16.5. The first-order chi connectivity index (χ1) is 10.0. The molecule has 0 aromatic carbocycles. The Hall–Kier alpha value is -1.36. The summed E-state index contributed by atoms with van der Waals surface area (Å²) < 4.78 is 5.12. The second-order valence-corrected chi connectivity index (χ2v) is 6.60. The molecule has 1 atom stereocenters. The van der Waals surface area contributed by atoms with Crippen molar-refractivity contribution in [2.45, 2.75) is 39.5 Å². The Morgan fingerprint density at radius 1 is 1.57 bits per heavy atom. The molecule has 0 spiro atoms. The maximum Gasteiger partial charge on any atom is 0.289 e. The molecule has 0 bridgehead atoms. The molecule has 5 nitrogen and oxygen atoms in total. The Bertz CT molecular complexity index is 456. The van der Waals surface area contributed by atoms with Crippen LogP contribution in [0.15, 0.2) is 10.6 Å². The lowest BCUT2D eigenvalue weighted by molar-refractivity contribution is 0.0911. The van der Waals surface area contributed by atoms with E-state index in [9.17, 15) is 4.79 Å². The number of aromatic nitrogens is 1. The molecule has 1 fully saturated rings. The summed E-state index contributed by atoms with van der Waals surface area (Å²) in [6.07, 6.45) is 4.39. The van der Waals surface area contributed by atoms with Crippen molar-refractivity contribution < 1.29 is 9.32 Å². The lowest BCUT2D eigenvalue weighted by atomic mass is 9.95. The molecule has 0 radical (unpaired) electrons. The van der Waals surface area contributed by atoms with Crippen molar-refractivity contribution in [1.29, 1.82) is 0 Å². The van der Waals surface area contributed by atoms with E-state index in [4.69, 9.17) is 4.52 Å². The average molecular weight is 293 g/mol. The highest BCUT2D eigenvalue weighted by Gasteiger charge is 2.18. The molecule has 1 aromatic rings. The summed E-state index contributed by atoms with van der Waals surface area (Å²) in [6, 6.07) is 1.75. The lowest BCUT2D eigenvalue weighted by Gasteiger charge is -2.29. The number of carbonyl (C=O) groups excluding carboxylic acids is 1. The zero-order valence-electron chi connectivity index (χ0n) is 13.4. The normalized spacial score (nSPS) is 19.9. The fraction of sp³-hybridized carbons (Fsp3) is 0.750. The molecule has 1 aliphatic heterocycles. The van der Waals surface area contributed by atoms with Crippen molar-refractivity contribution in [3.05, 3.63) is 17.5 Å². The van der Waals surface area contributed by atoms with Crippen molar-refractivity contribution in [2.24, 2.45) is 11.8 Å². The number of nitrogens with zero attached hydrogens (tertiary/aromatic N) is 2. The van der Waals surface area contributed by atoms with E-state index in [1.165, 1.54) is 19.4 Å². The minimum Gasteiger partial charge on any atom is -0.351 e. The fourth-order valence-electron chi connectivity index (χ4n) is 2.92. The van der Waals surface area contributed by atoms with E-state index in [2.05, 4.69) is 36.3 Å². The lowest BCUT2D eigenvalue weighted by Crippen LogP contribution is -2.34. The maximum atomic E-state index is 12.0. The first-order valence-corrected chi connectivity index (χ1v) is 7.97. The summed E-state index contributed by atoms with van der Waals surface area (Å²) in [7, 11) is 2.16.